The molecule has 5 nitrogen and oxygen atoms in total. The number of methoxy groups -OCH3 is 1. The number of fused-ring (bicyclic) bond motifs is 3. The van der Waals surface area contributed by atoms with Crippen LogP contribution in [0.3, 0.4) is 0 Å². The third-order valence-corrected chi connectivity index (χ3v) is 7.02. The van der Waals surface area contributed by atoms with Gasteiger partial charge in [0.1, 0.15) is 6.61 Å². The molecule has 0 N–H and O–H groups in total. The van der Waals surface area contributed by atoms with Crippen molar-refractivity contribution in [2.24, 2.45) is 23.7 Å². The zero-order chi connectivity index (χ0) is 18.9. The van der Waals surface area contributed by atoms with Crippen LogP contribution in [0.4, 0.5) is 0 Å². The van der Waals surface area contributed by atoms with Crippen molar-refractivity contribution in [3.05, 3.63) is 11.6 Å². The quantitative estimate of drug-likeness (QED) is 0.665. The second-order valence-electron chi connectivity index (χ2n) is 8.49. The summed E-state index contributed by atoms with van der Waals surface area (Å²) in [5.74, 6) is 2.77. The normalized spacial score (nSPS) is 41.2. The molecule has 6 atom stereocenters. The number of hydrogen-bond acceptors (Lipinski definition) is 5. The predicted octanol–water partition coefficient (Wildman–Crippen LogP) is 3.66. The Morgan fingerprint density at radius 1 is 1.27 bits per heavy atom. The molecular weight excluding hydrogens is 332 g/mol. The fraction of sp³-hybridized carbons (Fsp3) is 0.810. The van der Waals surface area contributed by atoms with Crippen molar-refractivity contribution in [2.45, 2.75) is 71.0 Å². The largest absolute Gasteiger partial charge is 0.469 e. The highest BCUT2D eigenvalue weighted by molar-refractivity contribution is 5.91. The summed E-state index contributed by atoms with van der Waals surface area (Å²) in [4.78, 5) is 21.4. The van der Waals surface area contributed by atoms with Crippen LogP contribution in [-0.4, -0.2) is 37.4 Å². The maximum atomic E-state index is 11.8. The van der Waals surface area contributed by atoms with Crippen molar-refractivity contribution < 1.29 is 23.8 Å². The van der Waals surface area contributed by atoms with Crippen molar-refractivity contribution >= 4 is 11.9 Å². The number of hydrogen-bond donors (Lipinski definition) is 0. The van der Waals surface area contributed by atoms with Crippen molar-refractivity contribution in [1.82, 2.24) is 0 Å². The molecule has 2 heterocycles. The van der Waals surface area contributed by atoms with E-state index in [0.717, 1.165) is 36.2 Å². The van der Waals surface area contributed by atoms with E-state index < -0.39 is 0 Å². The van der Waals surface area contributed by atoms with E-state index in [4.69, 9.17) is 9.47 Å². The van der Waals surface area contributed by atoms with E-state index in [1.807, 2.05) is 6.08 Å². The van der Waals surface area contributed by atoms with Gasteiger partial charge in [0.2, 0.25) is 0 Å². The minimum atomic E-state index is -0.245. The third kappa shape index (κ3) is 3.68. The smallest absolute Gasteiger partial charge is 0.336 e. The lowest BCUT2D eigenvalue weighted by Gasteiger charge is -2.49. The Hall–Kier alpha value is -1.36. The van der Waals surface area contributed by atoms with Crippen LogP contribution >= 0.6 is 0 Å². The summed E-state index contributed by atoms with van der Waals surface area (Å²) in [5, 5.41) is 0. The van der Waals surface area contributed by atoms with E-state index in [9.17, 15) is 9.59 Å². The van der Waals surface area contributed by atoms with Crippen LogP contribution < -0.4 is 0 Å². The van der Waals surface area contributed by atoms with Crippen LogP contribution in [0.15, 0.2) is 11.6 Å². The van der Waals surface area contributed by atoms with E-state index in [1.165, 1.54) is 39.7 Å². The van der Waals surface area contributed by atoms with Gasteiger partial charge in [-0.2, -0.15) is 0 Å². The topological polar surface area (TPSA) is 61.8 Å². The van der Waals surface area contributed by atoms with Gasteiger partial charge in [0, 0.05) is 6.92 Å². The minimum absolute atomic E-state index is 0.0212. The van der Waals surface area contributed by atoms with E-state index in [1.54, 1.807) is 0 Å². The molecule has 1 saturated heterocycles. The number of esters is 2. The van der Waals surface area contributed by atoms with Crippen molar-refractivity contribution in [3.8, 4) is 0 Å². The number of rotatable bonds is 1. The second kappa shape index (κ2) is 7.71. The molecule has 6 unspecified atom stereocenters. The molecule has 0 amide bonds. The highest BCUT2D eigenvalue weighted by atomic mass is 16.5. The Bertz CT molecular complexity index is 583. The summed E-state index contributed by atoms with van der Waals surface area (Å²) >= 11 is 0. The van der Waals surface area contributed by atoms with Crippen LogP contribution in [0.2, 0.25) is 0 Å². The summed E-state index contributed by atoms with van der Waals surface area (Å²) in [6.45, 7) is 6.51. The summed E-state index contributed by atoms with van der Waals surface area (Å²) in [5.41, 5.74) is 0.762. The summed E-state index contributed by atoms with van der Waals surface area (Å²) < 4.78 is 15.6. The molecule has 4 aliphatic rings. The number of ether oxygens (including phenoxy) is 3. The number of carbonyl (C=O) groups excluding carboxylic acids is 2. The molecule has 2 aliphatic carbocycles. The third-order valence-electron chi connectivity index (χ3n) is 7.02. The molecular formula is C21H32O5. The summed E-state index contributed by atoms with van der Waals surface area (Å²) in [7, 11) is 1.35. The first kappa shape index (κ1) is 19.4. The highest BCUT2D eigenvalue weighted by Gasteiger charge is 2.55. The van der Waals surface area contributed by atoms with Crippen LogP contribution in [0.25, 0.3) is 0 Å². The van der Waals surface area contributed by atoms with Crippen molar-refractivity contribution in [3.63, 3.8) is 0 Å². The van der Waals surface area contributed by atoms with Gasteiger partial charge in [-0.15, -0.1) is 0 Å². The standard InChI is InChI=1S/C18H26O3.C3H6O2/c1-11-4-3-5-13-12(11)6-8-18(2)15(13)10-16(21-18)14-7-9-20-17(14)19;1-3(4)5-2/h7,11-13,15-16H,3-6,8-10H2,1-2H3;1-2H3. The molecule has 2 saturated carbocycles. The molecule has 3 fully saturated rings. The lowest BCUT2D eigenvalue weighted by Crippen LogP contribution is -2.47. The van der Waals surface area contributed by atoms with Crippen molar-refractivity contribution in [2.75, 3.05) is 13.7 Å². The molecule has 0 radical (unpaired) electrons. The van der Waals surface area contributed by atoms with E-state index in [0.29, 0.717) is 12.5 Å². The first-order chi connectivity index (χ1) is 12.4. The fourth-order valence-corrected chi connectivity index (χ4v) is 5.62. The van der Waals surface area contributed by atoms with Gasteiger partial charge in [0.25, 0.3) is 0 Å². The fourth-order valence-electron chi connectivity index (χ4n) is 5.62. The lowest BCUT2D eigenvalue weighted by molar-refractivity contribution is -0.139. The van der Waals surface area contributed by atoms with Crippen molar-refractivity contribution in [1.29, 1.82) is 0 Å². The molecule has 0 bridgehead atoms. The van der Waals surface area contributed by atoms with Gasteiger partial charge < -0.3 is 14.2 Å². The molecule has 4 rings (SSSR count). The zero-order valence-electron chi connectivity index (χ0n) is 16.5. The van der Waals surface area contributed by atoms with E-state index >= 15 is 0 Å². The van der Waals surface area contributed by atoms with E-state index in [-0.39, 0.29) is 23.6 Å². The Morgan fingerprint density at radius 3 is 2.62 bits per heavy atom. The van der Waals surface area contributed by atoms with Crippen LogP contribution in [0.1, 0.15) is 59.3 Å². The van der Waals surface area contributed by atoms with Crippen LogP contribution in [0.5, 0.6) is 0 Å². The first-order valence-electron chi connectivity index (χ1n) is 9.95. The summed E-state index contributed by atoms with van der Waals surface area (Å²) in [6.07, 6.45) is 9.49. The SMILES string of the molecule is CC1CCCC2C1CCC1(C)OC(C3=CCOC3=O)CC21.COC(C)=O. The predicted molar refractivity (Wildman–Crippen MR) is 97.3 cm³/mol. The molecule has 0 aromatic rings. The van der Waals surface area contributed by atoms with Gasteiger partial charge in [0.15, 0.2) is 0 Å². The Morgan fingerprint density at radius 2 is 2.00 bits per heavy atom. The van der Waals surface area contributed by atoms with Gasteiger partial charge >= 0.3 is 11.9 Å². The molecule has 0 aromatic heterocycles. The van der Waals surface area contributed by atoms with Gasteiger partial charge in [-0.25, -0.2) is 4.79 Å². The Kier molecular flexibility index (Phi) is 5.75. The molecule has 2 aliphatic heterocycles. The van der Waals surface area contributed by atoms with E-state index in [2.05, 4.69) is 18.6 Å². The van der Waals surface area contributed by atoms with Gasteiger partial charge in [-0.3, -0.25) is 4.79 Å². The monoisotopic (exact) mass is 364 g/mol. The van der Waals surface area contributed by atoms with Gasteiger partial charge in [0.05, 0.1) is 24.4 Å². The molecule has 146 valence electrons. The Balaban J connectivity index is 0.000000349. The average molecular weight is 364 g/mol. The molecule has 0 aromatic carbocycles. The maximum Gasteiger partial charge on any atom is 0.336 e. The maximum absolute atomic E-state index is 11.8. The zero-order valence-corrected chi connectivity index (χ0v) is 16.5. The molecule has 26 heavy (non-hydrogen) atoms. The molecule has 5 heteroatoms. The average Bonchev–Trinajstić information content (AvgIpc) is 3.18. The minimum Gasteiger partial charge on any atom is -0.469 e. The Labute approximate surface area is 156 Å². The lowest BCUT2D eigenvalue weighted by atomic mass is 9.57. The number of carbonyl (C=O) groups is 2. The van der Waals surface area contributed by atoms with Crippen LogP contribution in [0, 0.1) is 23.7 Å². The molecule has 0 spiro atoms. The second-order valence-corrected chi connectivity index (χ2v) is 8.49. The van der Waals surface area contributed by atoms with Crippen LogP contribution in [-0.2, 0) is 23.8 Å². The number of cyclic esters (lactones) is 1. The highest BCUT2D eigenvalue weighted by Crippen LogP contribution is 2.56. The van der Waals surface area contributed by atoms with Gasteiger partial charge in [-0.1, -0.05) is 19.8 Å². The first-order valence-corrected chi connectivity index (χ1v) is 9.95. The summed E-state index contributed by atoms with van der Waals surface area (Å²) in [6, 6.07) is 0. The van der Waals surface area contributed by atoms with Gasteiger partial charge in [-0.05, 0) is 62.4 Å².